The summed E-state index contributed by atoms with van der Waals surface area (Å²) >= 11 is 0. The van der Waals surface area contributed by atoms with Crippen LogP contribution in [0.2, 0.25) is 0 Å². The van der Waals surface area contributed by atoms with Crippen molar-refractivity contribution in [2.75, 3.05) is 11.5 Å². The SMILES string of the molecule is O=C(Cn1cc(C(F)(F)F)ccc1=O)N[C@H]1CCS(=O)(=O)C1. The zero-order valence-electron chi connectivity index (χ0n) is 11.3. The third-order valence-electron chi connectivity index (χ3n) is 3.22. The quantitative estimate of drug-likeness (QED) is 0.851. The van der Waals surface area contributed by atoms with Crippen LogP contribution in [0.5, 0.6) is 0 Å². The van der Waals surface area contributed by atoms with E-state index in [9.17, 15) is 31.2 Å². The van der Waals surface area contributed by atoms with Crippen LogP contribution in [0, 0.1) is 0 Å². The molecule has 2 rings (SSSR count). The molecule has 22 heavy (non-hydrogen) atoms. The van der Waals surface area contributed by atoms with Gasteiger partial charge in [-0.15, -0.1) is 0 Å². The van der Waals surface area contributed by atoms with Gasteiger partial charge < -0.3 is 9.88 Å². The molecule has 10 heteroatoms. The van der Waals surface area contributed by atoms with Crippen molar-refractivity contribution in [2.24, 2.45) is 0 Å². The number of carbonyl (C=O) groups excluding carboxylic acids is 1. The Balaban J connectivity index is 2.07. The molecule has 1 atom stereocenters. The van der Waals surface area contributed by atoms with Crippen LogP contribution in [0.3, 0.4) is 0 Å². The van der Waals surface area contributed by atoms with Gasteiger partial charge in [0.15, 0.2) is 9.84 Å². The van der Waals surface area contributed by atoms with Crippen LogP contribution in [0.4, 0.5) is 13.2 Å². The Labute approximate surface area is 123 Å². The number of hydrogen-bond donors (Lipinski definition) is 1. The molecule has 0 radical (unpaired) electrons. The molecule has 0 saturated carbocycles. The van der Waals surface area contributed by atoms with E-state index in [2.05, 4.69) is 5.32 Å². The highest BCUT2D eigenvalue weighted by Crippen LogP contribution is 2.27. The Kier molecular flexibility index (Phi) is 4.32. The van der Waals surface area contributed by atoms with E-state index in [-0.39, 0.29) is 17.9 Å². The predicted molar refractivity (Wildman–Crippen MR) is 70.9 cm³/mol. The molecule has 1 N–H and O–H groups in total. The first-order valence-electron chi connectivity index (χ1n) is 6.34. The molecular weight excluding hydrogens is 325 g/mol. The third-order valence-corrected chi connectivity index (χ3v) is 4.99. The lowest BCUT2D eigenvalue weighted by Gasteiger charge is -2.13. The Morgan fingerprint density at radius 1 is 1.36 bits per heavy atom. The summed E-state index contributed by atoms with van der Waals surface area (Å²) in [6.07, 6.45) is -3.80. The summed E-state index contributed by atoms with van der Waals surface area (Å²) in [6.45, 7) is -0.598. The number of amides is 1. The summed E-state index contributed by atoms with van der Waals surface area (Å²) in [7, 11) is -3.18. The van der Waals surface area contributed by atoms with Crippen LogP contribution < -0.4 is 10.9 Å². The van der Waals surface area contributed by atoms with Crippen molar-refractivity contribution in [3.8, 4) is 0 Å². The van der Waals surface area contributed by atoms with Crippen molar-refractivity contribution in [2.45, 2.75) is 25.2 Å². The lowest BCUT2D eigenvalue weighted by Crippen LogP contribution is -2.39. The topological polar surface area (TPSA) is 85.2 Å². The Bertz CT molecular complexity index is 739. The van der Waals surface area contributed by atoms with Crippen molar-refractivity contribution in [3.05, 3.63) is 34.2 Å². The molecule has 1 aliphatic rings. The predicted octanol–water partition coefficient (Wildman–Crippen LogP) is 0.170. The highest BCUT2D eigenvalue weighted by atomic mass is 32.2. The Morgan fingerprint density at radius 3 is 2.59 bits per heavy atom. The Morgan fingerprint density at radius 2 is 2.05 bits per heavy atom. The average molecular weight is 338 g/mol. The van der Waals surface area contributed by atoms with E-state index < -0.39 is 45.6 Å². The second kappa shape index (κ2) is 5.75. The molecule has 1 saturated heterocycles. The number of halogens is 3. The number of carbonyl (C=O) groups is 1. The van der Waals surface area contributed by atoms with Gasteiger partial charge in [-0.1, -0.05) is 0 Å². The van der Waals surface area contributed by atoms with Gasteiger partial charge in [-0.3, -0.25) is 9.59 Å². The normalized spacial score (nSPS) is 20.8. The average Bonchev–Trinajstić information content (AvgIpc) is 2.70. The van der Waals surface area contributed by atoms with Crippen molar-refractivity contribution in [1.29, 1.82) is 0 Å². The lowest BCUT2D eigenvalue weighted by atomic mass is 10.2. The number of aromatic nitrogens is 1. The van der Waals surface area contributed by atoms with Gasteiger partial charge in [0.1, 0.15) is 6.54 Å². The van der Waals surface area contributed by atoms with Gasteiger partial charge in [0.25, 0.3) is 5.56 Å². The standard InChI is InChI=1S/C12H13F3N2O4S/c13-12(14,15)8-1-2-11(19)17(5-8)6-10(18)16-9-3-4-22(20,21)7-9/h1-2,5,9H,3-4,6-7H2,(H,16,18)/t9-/m0/s1. The fraction of sp³-hybridized carbons (Fsp3) is 0.500. The zero-order chi connectivity index (χ0) is 16.5. The van der Waals surface area contributed by atoms with Crippen molar-refractivity contribution in [3.63, 3.8) is 0 Å². The number of sulfone groups is 1. The van der Waals surface area contributed by atoms with E-state index in [0.29, 0.717) is 16.8 Å². The molecule has 122 valence electrons. The summed E-state index contributed by atoms with van der Waals surface area (Å²) < 4.78 is 60.9. The zero-order valence-corrected chi connectivity index (χ0v) is 12.1. The number of nitrogens with zero attached hydrogens (tertiary/aromatic N) is 1. The van der Waals surface area contributed by atoms with Crippen LogP contribution in [-0.4, -0.2) is 36.4 Å². The summed E-state index contributed by atoms with van der Waals surface area (Å²) in [6, 6.07) is 0.801. The third kappa shape index (κ3) is 4.09. The fourth-order valence-corrected chi connectivity index (χ4v) is 3.83. The van der Waals surface area contributed by atoms with Crippen molar-refractivity contribution in [1.82, 2.24) is 9.88 Å². The minimum absolute atomic E-state index is 0.0402. The minimum atomic E-state index is -4.62. The van der Waals surface area contributed by atoms with Gasteiger partial charge in [-0.25, -0.2) is 8.42 Å². The van der Waals surface area contributed by atoms with Gasteiger partial charge in [-0.05, 0) is 12.5 Å². The molecule has 2 heterocycles. The van der Waals surface area contributed by atoms with Crippen LogP contribution in [0.1, 0.15) is 12.0 Å². The first-order chi connectivity index (χ1) is 10.1. The summed E-state index contributed by atoms with van der Waals surface area (Å²) in [5.41, 5.74) is -1.79. The first-order valence-corrected chi connectivity index (χ1v) is 8.16. The van der Waals surface area contributed by atoms with Crippen LogP contribution >= 0.6 is 0 Å². The van der Waals surface area contributed by atoms with Crippen LogP contribution in [0.25, 0.3) is 0 Å². The van der Waals surface area contributed by atoms with E-state index in [1.165, 1.54) is 0 Å². The summed E-state index contributed by atoms with van der Waals surface area (Å²) in [4.78, 5) is 23.2. The maximum Gasteiger partial charge on any atom is 0.417 e. The van der Waals surface area contributed by atoms with E-state index in [4.69, 9.17) is 0 Å². The summed E-state index contributed by atoms with van der Waals surface area (Å²) in [5.74, 6) is -0.943. The molecule has 0 spiro atoms. The van der Waals surface area contributed by atoms with E-state index in [1.807, 2.05) is 0 Å². The van der Waals surface area contributed by atoms with Crippen LogP contribution in [-0.2, 0) is 27.4 Å². The largest absolute Gasteiger partial charge is 0.417 e. The van der Waals surface area contributed by atoms with Crippen molar-refractivity contribution >= 4 is 15.7 Å². The monoisotopic (exact) mass is 338 g/mol. The maximum atomic E-state index is 12.6. The molecular formula is C12H13F3N2O4S. The number of hydrogen-bond acceptors (Lipinski definition) is 4. The highest BCUT2D eigenvalue weighted by molar-refractivity contribution is 7.91. The first kappa shape index (κ1) is 16.5. The Hall–Kier alpha value is -1.84. The fourth-order valence-electron chi connectivity index (χ4n) is 2.16. The molecule has 1 amide bonds. The van der Waals surface area contributed by atoms with Crippen LogP contribution in [0.15, 0.2) is 23.1 Å². The second-order valence-electron chi connectivity index (χ2n) is 5.05. The van der Waals surface area contributed by atoms with E-state index >= 15 is 0 Å². The molecule has 1 aromatic rings. The van der Waals surface area contributed by atoms with Gasteiger partial charge >= 0.3 is 6.18 Å². The smallest absolute Gasteiger partial charge is 0.351 e. The number of rotatable bonds is 3. The minimum Gasteiger partial charge on any atom is -0.351 e. The maximum absolute atomic E-state index is 12.6. The van der Waals surface area contributed by atoms with Gasteiger partial charge in [-0.2, -0.15) is 13.2 Å². The van der Waals surface area contributed by atoms with Gasteiger partial charge in [0.05, 0.1) is 17.1 Å². The van der Waals surface area contributed by atoms with E-state index in [0.717, 1.165) is 6.07 Å². The lowest BCUT2D eigenvalue weighted by molar-refractivity contribution is -0.138. The number of alkyl halides is 3. The molecule has 1 aliphatic heterocycles. The number of nitrogens with one attached hydrogen (secondary N) is 1. The summed E-state index contributed by atoms with van der Waals surface area (Å²) in [5, 5.41) is 2.41. The number of pyridine rings is 1. The molecule has 0 bridgehead atoms. The molecule has 0 aliphatic carbocycles. The molecule has 1 aromatic heterocycles. The van der Waals surface area contributed by atoms with Gasteiger partial charge in [0, 0.05) is 18.3 Å². The molecule has 0 aromatic carbocycles. The highest BCUT2D eigenvalue weighted by Gasteiger charge is 2.32. The molecule has 6 nitrogen and oxygen atoms in total. The second-order valence-corrected chi connectivity index (χ2v) is 7.28. The van der Waals surface area contributed by atoms with Gasteiger partial charge in [0.2, 0.25) is 5.91 Å². The molecule has 0 unspecified atom stereocenters. The van der Waals surface area contributed by atoms with Crippen molar-refractivity contribution < 1.29 is 26.4 Å². The van der Waals surface area contributed by atoms with E-state index in [1.54, 1.807) is 0 Å². The molecule has 1 fully saturated rings.